The summed E-state index contributed by atoms with van der Waals surface area (Å²) in [5, 5.41) is 0. The number of carbonyl (C=O) groups excluding carboxylic acids is 1. The summed E-state index contributed by atoms with van der Waals surface area (Å²) in [5.74, 6) is -0.482. The summed E-state index contributed by atoms with van der Waals surface area (Å²) in [4.78, 5) is 11.1. The van der Waals surface area contributed by atoms with E-state index in [0.717, 1.165) is 18.9 Å². The highest BCUT2D eigenvalue weighted by molar-refractivity contribution is 5.81. The van der Waals surface area contributed by atoms with E-state index in [0.29, 0.717) is 12.5 Å². The van der Waals surface area contributed by atoms with Gasteiger partial charge in [-0.1, -0.05) is 27.4 Å². The molecule has 0 spiro atoms. The second kappa shape index (κ2) is 5.85. The van der Waals surface area contributed by atoms with Crippen LogP contribution in [0.2, 0.25) is 0 Å². The van der Waals surface area contributed by atoms with Crippen LogP contribution in [0.5, 0.6) is 0 Å². The predicted molar refractivity (Wildman–Crippen MR) is 69.1 cm³/mol. The molecule has 1 rings (SSSR count). The van der Waals surface area contributed by atoms with Crippen molar-refractivity contribution < 1.29 is 19.0 Å². The Kier molecular flexibility index (Phi) is 4.93. The summed E-state index contributed by atoms with van der Waals surface area (Å²) >= 11 is 0. The Balaban J connectivity index is 2.61. The Morgan fingerprint density at radius 2 is 2.22 bits per heavy atom. The van der Waals surface area contributed by atoms with Gasteiger partial charge in [-0.3, -0.25) is 0 Å². The number of esters is 1. The second-order valence-corrected chi connectivity index (χ2v) is 5.51. The lowest BCUT2D eigenvalue weighted by Crippen LogP contribution is -2.39. The van der Waals surface area contributed by atoms with Crippen molar-refractivity contribution in [2.24, 2.45) is 5.92 Å². The largest absolute Gasteiger partial charge is 0.459 e. The molecule has 104 valence electrons. The van der Waals surface area contributed by atoms with Gasteiger partial charge >= 0.3 is 5.97 Å². The molecule has 4 nitrogen and oxygen atoms in total. The fourth-order valence-corrected chi connectivity index (χ4v) is 2.19. The van der Waals surface area contributed by atoms with Crippen LogP contribution in [0.1, 0.15) is 40.5 Å². The first kappa shape index (κ1) is 15.2. The molecule has 0 bridgehead atoms. The van der Waals surface area contributed by atoms with Crippen molar-refractivity contribution in [3.63, 3.8) is 0 Å². The molecule has 0 aliphatic carbocycles. The fraction of sp³-hybridized carbons (Fsp3) is 0.786. The van der Waals surface area contributed by atoms with Crippen LogP contribution in [0, 0.1) is 5.92 Å². The van der Waals surface area contributed by atoms with E-state index in [4.69, 9.17) is 14.2 Å². The zero-order valence-electron chi connectivity index (χ0n) is 11.8. The summed E-state index contributed by atoms with van der Waals surface area (Å²) in [6.07, 6.45) is 2.78. The molecular formula is C14H24O4. The summed E-state index contributed by atoms with van der Waals surface area (Å²) in [7, 11) is 0. The van der Waals surface area contributed by atoms with E-state index >= 15 is 0 Å². The van der Waals surface area contributed by atoms with Crippen LogP contribution < -0.4 is 0 Å². The molecule has 1 aliphatic heterocycles. The highest BCUT2D eigenvalue weighted by Gasteiger charge is 2.47. The Bertz CT molecular complexity index is 313. The Labute approximate surface area is 109 Å². The van der Waals surface area contributed by atoms with Gasteiger partial charge in [0.15, 0.2) is 5.79 Å². The van der Waals surface area contributed by atoms with Gasteiger partial charge in [-0.05, 0) is 19.3 Å². The molecule has 1 heterocycles. The summed E-state index contributed by atoms with van der Waals surface area (Å²) < 4.78 is 17.0. The first-order valence-electron chi connectivity index (χ1n) is 6.48. The van der Waals surface area contributed by atoms with Crippen LogP contribution in [0.3, 0.4) is 0 Å². The molecule has 0 aromatic rings. The minimum Gasteiger partial charge on any atom is -0.459 e. The zero-order chi connectivity index (χ0) is 13.8. The molecule has 0 aromatic carbocycles. The van der Waals surface area contributed by atoms with Gasteiger partial charge in [0.2, 0.25) is 0 Å². The van der Waals surface area contributed by atoms with E-state index in [1.165, 1.54) is 0 Å². The van der Waals surface area contributed by atoms with Crippen molar-refractivity contribution in [2.45, 2.75) is 51.9 Å². The van der Waals surface area contributed by atoms with Crippen molar-refractivity contribution in [2.75, 3.05) is 13.2 Å². The maximum Gasteiger partial charge on any atom is 0.330 e. The van der Waals surface area contributed by atoms with Gasteiger partial charge in [-0.25, -0.2) is 4.79 Å². The Morgan fingerprint density at radius 1 is 1.56 bits per heavy atom. The quantitative estimate of drug-likeness (QED) is 0.541. The Morgan fingerprint density at radius 3 is 2.72 bits per heavy atom. The number of rotatable bonds is 6. The summed E-state index contributed by atoms with van der Waals surface area (Å²) in [6, 6.07) is 0. The number of hydrogen-bond donors (Lipinski definition) is 0. The van der Waals surface area contributed by atoms with Crippen molar-refractivity contribution in [3.8, 4) is 0 Å². The lowest BCUT2D eigenvalue weighted by molar-refractivity contribution is -0.204. The van der Waals surface area contributed by atoms with Gasteiger partial charge in [0.25, 0.3) is 0 Å². The number of ether oxygens (including phenoxy) is 3. The molecule has 2 atom stereocenters. The molecule has 2 unspecified atom stereocenters. The van der Waals surface area contributed by atoms with Gasteiger partial charge in [0.05, 0.1) is 6.61 Å². The second-order valence-electron chi connectivity index (χ2n) is 5.51. The van der Waals surface area contributed by atoms with E-state index in [1.54, 1.807) is 0 Å². The molecule has 0 N–H and O–H groups in total. The van der Waals surface area contributed by atoms with E-state index in [1.807, 2.05) is 13.8 Å². The van der Waals surface area contributed by atoms with Crippen molar-refractivity contribution in [1.29, 1.82) is 0 Å². The molecule has 4 heteroatoms. The maximum atomic E-state index is 11.1. The van der Waals surface area contributed by atoms with Crippen LogP contribution in [0.4, 0.5) is 0 Å². The molecule has 1 aliphatic rings. The normalized spacial score (nSPS) is 31.6. The van der Waals surface area contributed by atoms with Crippen LogP contribution >= 0.6 is 0 Å². The smallest absolute Gasteiger partial charge is 0.330 e. The molecule has 0 amide bonds. The predicted octanol–water partition coefficient (Wildman–Crippen LogP) is 2.67. The standard InChI is InChI=1S/C14H24O4/c1-6-12(15)16-9-13(5)10-17-14(7-2,18-13)8-11(3)4/h6,11H,1,7-10H2,2-5H3. The summed E-state index contributed by atoms with van der Waals surface area (Å²) in [6.45, 7) is 12.2. The highest BCUT2D eigenvalue weighted by Crippen LogP contribution is 2.38. The molecule has 0 radical (unpaired) electrons. The first-order chi connectivity index (χ1) is 8.35. The third-order valence-electron chi connectivity index (χ3n) is 3.02. The lowest BCUT2D eigenvalue weighted by Gasteiger charge is -2.31. The fourth-order valence-electron chi connectivity index (χ4n) is 2.19. The van der Waals surface area contributed by atoms with Gasteiger partial charge < -0.3 is 14.2 Å². The van der Waals surface area contributed by atoms with E-state index in [2.05, 4.69) is 20.4 Å². The molecular weight excluding hydrogens is 232 g/mol. The van der Waals surface area contributed by atoms with E-state index in [9.17, 15) is 4.79 Å². The zero-order valence-corrected chi connectivity index (χ0v) is 11.8. The van der Waals surface area contributed by atoms with Crippen molar-refractivity contribution in [1.82, 2.24) is 0 Å². The number of hydrogen-bond acceptors (Lipinski definition) is 4. The average Bonchev–Trinajstić information content (AvgIpc) is 2.64. The maximum absolute atomic E-state index is 11.1. The monoisotopic (exact) mass is 256 g/mol. The number of carbonyl (C=O) groups is 1. The first-order valence-corrected chi connectivity index (χ1v) is 6.48. The lowest BCUT2D eigenvalue weighted by atomic mass is 10.0. The van der Waals surface area contributed by atoms with Gasteiger partial charge in [-0.2, -0.15) is 0 Å². The van der Waals surface area contributed by atoms with E-state index in [-0.39, 0.29) is 6.61 Å². The Hall–Kier alpha value is -0.870. The van der Waals surface area contributed by atoms with Crippen molar-refractivity contribution in [3.05, 3.63) is 12.7 Å². The van der Waals surface area contributed by atoms with Crippen LogP contribution in [-0.2, 0) is 19.0 Å². The average molecular weight is 256 g/mol. The molecule has 0 aromatic heterocycles. The summed E-state index contributed by atoms with van der Waals surface area (Å²) in [5.41, 5.74) is -0.566. The van der Waals surface area contributed by atoms with E-state index < -0.39 is 17.4 Å². The molecule has 1 fully saturated rings. The van der Waals surface area contributed by atoms with Gasteiger partial charge in [0.1, 0.15) is 12.2 Å². The van der Waals surface area contributed by atoms with Gasteiger partial charge in [0, 0.05) is 12.5 Å². The molecule has 18 heavy (non-hydrogen) atoms. The van der Waals surface area contributed by atoms with Crippen LogP contribution in [0.25, 0.3) is 0 Å². The minimum atomic E-state index is -0.566. The third-order valence-corrected chi connectivity index (χ3v) is 3.02. The van der Waals surface area contributed by atoms with Crippen molar-refractivity contribution >= 4 is 5.97 Å². The van der Waals surface area contributed by atoms with Gasteiger partial charge in [-0.15, -0.1) is 0 Å². The van der Waals surface area contributed by atoms with Crippen LogP contribution in [0.15, 0.2) is 12.7 Å². The molecule has 1 saturated heterocycles. The van der Waals surface area contributed by atoms with Crippen LogP contribution in [-0.4, -0.2) is 30.6 Å². The molecule has 0 saturated carbocycles. The third kappa shape index (κ3) is 3.82. The minimum absolute atomic E-state index is 0.192. The topological polar surface area (TPSA) is 44.8 Å². The SMILES string of the molecule is C=CC(=O)OCC1(C)COC(CC)(CC(C)C)O1. The highest BCUT2D eigenvalue weighted by atomic mass is 16.8.